The molecular formula is C16H14ClN5O2S2. The summed E-state index contributed by atoms with van der Waals surface area (Å²) in [6.45, 7) is 0. The number of nitrogens with one attached hydrogen (secondary N) is 2. The van der Waals surface area contributed by atoms with Crippen LogP contribution in [0.1, 0.15) is 9.67 Å². The Balaban J connectivity index is 1.54. The van der Waals surface area contributed by atoms with Gasteiger partial charge in [0.25, 0.3) is 5.91 Å². The Morgan fingerprint density at radius 1 is 1.19 bits per heavy atom. The monoisotopic (exact) mass is 407 g/mol. The number of benzene rings is 1. The van der Waals surface area contributed by atoms with Crippen LogP contribution in [0, 0.1) is 0 Å². The summed E-state index contributed by atoms with van der Waals surface area (Å²) in [4.78, 5) is 24.2. The highest BCUT2D eigenvalue weighted by Crippen LogP contribution is 2.23. The molecule has 1 aromatic carbocycles. The molecule has 0 aliphatic carbocycles. The second-order valence-electron chi connectivity index (χ2n) is 5.14. The molecule has 0 radical (unpaired) electrons. The molecule has 26 heavy (non-hydrogen) atoms. The third-order valence-electron chi connectivity index (χ3n) is 3.33. The fourth-order valence-corrected chi connectivity index (χ4v) is 3.51. The SMILES string of the molecule is Cn1c(SCC(=O)NNC(=O)c2cccs2)nnc1-c1ccc(Cl)cc1. The minimum absolute atomic E-state index is 0.0946. The lowest BCUT2D eigenvalue weighted by Gasteiger charge is -2.06. The van der Waals surface area contributed by atoms with Gasteiger partial charge in [-0.15, -0.1) is 21.5 Å². The quantitative estimate of drug-likeness (QED) is 0.501. The van der Waals surface area contributed by atoms with Gasteiger partial charge in [-0.2, -0.15) is 0 Å². The third kappa shape index (κ3) is 4.43. The molecule has 7 nitrogen and oxygen atoms in total. The highest BCUT2D eigenvalue weighted by atomic mass is 35.5. The molecule has 3 rings (SSSR count). The largest absolute Gasteiger partial charge is 0.305 e. The molecule has 0 spiro atoms. The lowest BCUT2D eigenvalue weighted by molar-refractivity contribution is -0.119. The van der Waals surface area contributed by atoms with Crippen LogP contribution in [0.25, 0.3) is 11.4 Å². The van der Waals surface area contributed by atoms with Gasteiger partial charge < -0.3 is 4.57 Å². The van der Waals surface area contributed by atoms with E-state index in [-0.39, 0.29) is 17.6 Å². The molecule has 0 saturated carbocycles. The van der Waals surface area contributed by atoms with Crippen LogP contribution in [0.5, 0.6) is 0 Å². The molecule has 0 aliphatic heterocycles. The predicted octanol–water partition coefficient (Wildman–Crippen LogP) is 2.75. The number of carbonyl (C=O) groups is 2. The maximum atomic E-state index is 11.9. The number of thioether (sulfide) groups is 1. The zero-order chi connectivity index (χ0) is 18.5. The van der Waals surface area contributed by atoms with Crippen molar-refractivity contribution in [1.82, 2.24) is 25.6 Å². The van der Waals surface area contributed by atoms with Crippen LogP contribution in [0.3, 0.4) is 0 Å². The molecule has 2 aromatic heterocycles. The fraction of sp³-hybridized carbons (Fsp3) is 0.125. The van der Waals surface area contributed by atoms with Crippen molar-refractivity contribution in [2.24, 2.45) is 7.05 Å². The Bertz CT molecular complexity index is 909. The summed E-state index contributed by atoms with van der Waals surface area (Å²) in [7, 11) is 1.82. The molecule has 0 unspecified atom stereocenters. The van der Waals surface area contributed by atoms with E-state index >= 15 is 0 Å². The van der Waals surface area contributed by atoms with Gasteiger partial charge in [0.05, 0.1) is 10.6 Å². The summed E-state index contributed by atoms with van der Waals surface area (Å²) in [5, 5.41) is 11.3. The molecular weight excluding hydrogens is 394 g/mol. The number of hydrogen-bond acceptors (Lipinski definition) is 6. The Hall–Kier alpha value is -2.36. The van der Waals surface area contributed by atoms with Crippen molar-refractivity contribution in [2.75, 3.05) is 5.75 Å². The molecule has 134 valence electrons. The van der Waals surface area contributed by atoms with E-state index in [0.717, 1.165) is 5.56 Å². The molecule has 2 heterocycles. The molecule has 0 saturated heterocycles. The van der Waals surface area contributed by atoms with E-state index in [1.807, 2.05) is 19.2 Å². The van der Waals surface area contributed by atoms with E-state index < -0.39 is 0 Å². The zero-order valence-electron chi connectivity index (χ0n) is 13.6. The van der Waals surface area contributed by atoms with Crippen molar-refractivity contribution in [3.05, 3.63) is 51.7 Å². The molecule has 2 amide bonds. The van der Waals surface area contributed by atoms with Crippen LogP contribution >= 0.6 is 34.7 Å². The van der Waals surface area contributed by atoms with Crippen molar-refractivity contribution in [3.8, 4) is 11.4 Å². The Morgan fingerprint density at radius 2 is 1.96 bits per heavy atom. The predicted molar refractivity (Wildman–Crippen MR) is 102 cm³/mol. The summed E-state index contributed by atoms with van der Waals surface area (Å²) in [5.41, 5.74) is 5.63. The molecule has 0 fully saturated rings. The van der Waals surface area contributed by atoms with Gasteiger partial charge in [0, 0.05) is 17.6 Å². The fourth-order valence-electron chi connectivity index (χ4n) is 2.05. The van der Waals surface area contributed by atoms with Crippen molar-refractivity contribution in [1.29, 1.82) is 0 Å². The lowest BCUT2D eigenvalue weighted by atomic mass is 10.2. The topological polar surface area (TPSA) is 88.9 Å². The Labute approximate surface area is 162 Å². The normalized spacial score (nSPS) is 10.5. The number of hydrogen-bond donors (Lipinski definition) is 2. The third-order valence-corrected chi connectivity index (χ3v) is 5.47. The molecule has 2 N–H and O–H groups in total. The second kappa shape index (κ2) is 8.35. The van der Waals surface area contributed by atoms with Gasteiger partial charge in [-0.05, 0) is 35.7 Å². The molecule has 0 bridgehead atoms. The first-order chi connectivity index (χ1) is 12.5. The molecule has 3 aromatic rings. The lowest BCUT2D eigenvalue weighted by Crippen LogP contribution is -2.42. The van der Waals surface area contributed by atoms with Gasteiger partial charge >= 0.3 is 0 Å². The number of thiophene rings is 1. The van der Waals surface area contributed by atoms with Crippen LogP contribution in [0.15, 0.2) is 46.9 Å². The zero-order valence-corrected chi connectivity index (χ0v) is 16.0. The number of hydrazine groups is 1. The van der Waals surface area contributed by atoms with Crippen LogP contribution in [-0.4, -0.2) is 32.3 Å². The second-order valence-corrected chi connectivity index (χ2v) is 7.47. The standard InChI is InChI=1S/C16H14ClN5O2S2/c1-22-14(10-4-6-11(17)7-5-10)19-21-16(22)26-9-13(23)18-20-15(24)12-3-2-8-25-12/h2-8H,9H2,1H3,(H,18,23)(H,20,24). The number of aromatic nitrogens is 3. The average Bonchev–Trinajstić information content (AvgIpc) is 3.29. The highest BCUT2D eigenvalue weighted by Gasteiger charge is 2.13. The van der Waals surface area contributed by atoms with Gasteiger partial charge in [-0.1, -0.05) is 29.4 Å². The Morgan fingerprint density at radius 3 is 2.65 bits per heavy atom. The van der Waals surface area contributed by atoms with Gasteiger partial charge in [0.1, 0.15) is 0 Å². The van der Waals surface area contributed by atoms with Crippen LogP contribution in [-0.2, 0) is 11.8 Å². The van der Waals surface area contributed by atoms with Crippen LogP contribution < -0.4 is 10.9 Å². The number of carbonyl (C=O) groups excluding carboxylic acids is 2. The molecule has 10 heteroatoms. The minimum Gasteiger partial charge on any atom is -0.305 e. The average molecular weight is 408 g/mol. The van der Waals surface area contributed by atoms with E-state index in [2.05, 4.69) is 21.0 Å². The van der Waals surface area contributed by atoms with Gasteiger partial charge in [0.15, 0.2) is 11.0 Å². The highest BCUT2D eigenvalue weighted by molar-refractivity contribution is 7.99. The van der Waals surface area contributed by atoms with E-state index in [9.17, 15) is 9.59 Å². The summed E-state index contributed by atoms with van der Waals surface area (Å²) >= 11 is 8.42. The first-order valence-corrected chi connectivity index (χ1v) is 9.69. The number of nitrogens with zero attached hydrogens (tertiary/aromatic N) is 3. The summed E-state index contributed by atoms with van der Waals surface area (Å²) in [6, 6.07) is 10.7. The molecule has 0 atom stereocenters. The first kappa shape index (κ1) is 18.4. The smallest absolute Gasteiger partial charge is 0.279 e. The van der Waals surface area contributed by atoms with E-state index in [1.54, 1.807) is 34.2 Å². The number of halogens is 1. The summed E-state index contributed by atoms with van der Waals surface area (Å²) < 4.78 is 1.80. The number of rotatable bonds is 5. The minimum atomic E-state index is -0.345. The van der Waals surface area contributed by atoms with Gasteiger partial charge in [0.2, 0.25) is 5.91 Å². The number of amides is 2. The van der Waals surface area contributed by atoms with Crippen molar-refractivity contribution in [2.45, 2.75) is 5.16 Å². The Kier molecular flexibility index (Phi) is 5.92. The maximum Gasteiger partial charge on any atom is 0.279 e. The van der Waals surface area contributed by atoms with Crippen LogP contribution in [0.4, 0.5) is 0 Å². The van der Waals surface area contributed by atoms with Gasteiger partial charge in [-0.25, -0.2) is 0 Å². The first-order valence-electron chi connectivity index (χ1n) is 7.45. The van der Waals surface area contributed by atoms with Gasteiger partial charge in [-0.3, -0.25) is 20.4 Å². The van der Waals surface area contributed by atoms with Crippen molar-refractivity contribution < 1.29 is 9.59 Å². The maximum absolute atomic E-state index is 11.9. The summed E-state index contributed by atoms with van der Waals surface area (Å²) in [5.74, 6) is 0.0886. The van der Waals surface area contributed by atoms with Crippen LogP contribution in [0.2, 0.25) is 5.02 Å². The summed E-state index contributed by atoms with van der Waals surface area (Å²) in [6.07, 6.45) is 0. The van der Waals surface area contributed by atoms with E-state index in [1.165, 1.54) is 23.1 Å². The van der Waals surface area contributed by atoms with E-state index in [4.69, 9.17) is 11.6 Å². The molecule has 0 aliphatic rings. The van der Waals surface area contributed by atoms with E-state index in [0.29, 0.717) is 20.9 Å². The van der Waals surface area contributed by atoms with Crippen molar-refractivity contribution >= 4 is 46.5 Å². The van der Waals surface area contributed by atoms with Crippen molar-refractivity contribution in [3.63, 3.8) is 0 Å².